The fourth-order valence-corrected chi connectivity index (χ4v) is 1.75. The van der Waals surface area contributed by atoms with E-state index >= 15 is 0 Å². The highest BCUT2D eigenvalue weighted by Gasteiger charge is 2.18. The molecule has 0 radical (unpaired) electrons. The van der Waals surface area contributed by atoms with Crippen molar-refractivity contribution in [3.63, 3.8) is 0 Å². The first-order valence-corrected chi connectivity index (χ1v) is 6.05. The summed E-state index contributed by atoms with van der Waals surface area (Å²) in [4.78, 5) is 22.2. The number of carboxylic acids is 1. The molecule has 4 N–H and O–H groups in total. The Balaban J connectivity index is 4.21. The molecule has 0 saturated carbocycles. The zero-order valence-electron chi connectivity index (χ0n) is 11.0. The lowest BCUT2D eigenvalue weighted by molar-refractivity contribution is -0.138. The van der Waals surface area contributed by atoms with Crippen LogP contribution in [0, 0.1) is 24.2 Å². The molecule has 0 aliphatic rings. The molecule has 1 amide bonds. The van der Waals surface area contributed by atoms with E-state index in [9.17, 15) is 9.59 Å². The smallest absolute Gasteiger partial charge is 0.303 e. The van der Waals surface area contributed by atoms with Gasteiger partial charge in [0.25, 0.3) is 0 Å². The Kier molecular flexibility index (Phi) is 7.81. The summed E-state index contributed by atoms with van der Waals surface area (Å²) in [6.07, 6.45) is 6.04. The van der Waals surface area contributed by atoms with Crippen LogP contribution in [0.1, 0.15) is 33.1 Å². The van der Waals surface area contributed by atoms with Gasteiger partial charge in [0.05, 0.1) is 6.04 Å². The van der Waals surface area contributed by atoms with Crippen molar-refractivity contribution in [2.75, 3.05) is 6.54 Å². The Bertz CT molecular complexity index is 321. The van der Waals surface area contributed by atoms with E-state index in [2.05, 4.69) is 11.2 Å². The van der Waals surface area contributed by atoms with Crippen LogP contribution in [-0.4, -0.2) is 29.6 Å². The first kappa shape index (κ1) is 16.5. The van der Waals surface area contributed by atoms with Crippen molar-refractivity contribution in [2.24, 2.45) is 17.6 Å². The maximum absolute atomic E-state index is 11.5. The average molecular weight is 254 g/mol. The molecule has 0 bridgehead atoms. The lowest BCUT2D eigenvalue weighted by Crippen LogP contribution is -2.42. The van der Waals surface area contributed by atoms with Crippen LogP contribution in [0.3, 0.4) is 0 Å². The summed E-state index contributed by atoms with van der Waals surface area (Å²) in [6, 6.07) is -0.723. The first-order chi connectivity index (χ1) is 8.36. The number of terminal acetylenes is 1. The molecule has 0 aromatic heterocycles. The van der Waals surface area contributed by atoms with E-state index < -0.39 is 12.0 Å². The van der Waals surface area contributed by atoms with Gasteiger partial charge in [-0.05, 0) is 18.3 Å². The van der Waals surface area contributed by atoms with Gasteiger partial charge >= 0.3 is 5.97 Å². The zero-order valence-corrected chi connectivity index (χ0v) is 11.0. The molecule has 0 saturated heterocycles. The third-order valence-electron chi connectivity index (χ3n) is 2.51. The molecule has 5 heteroatoms. The van der Waals surface area contributed by atoms with E-state index in [0.29, 0.717) is 12.5 Å². The predicted molar refractivity (Wildman–Crippen MR) is 69.6 cm³/mol. The number of carbonyl (C=O) groups excluding carboxylic acids is 1. The monoisotopic (exact) mass is 254 g/mol. The van der Waals surface area contributed by atoms with Gasteiger partial charge in [0.15, 0.2) is 0 Å². The van der Waals surface area contributed by atoms with E-state index in [1.807, 2.05) is 13.8 Å². The Hall–Kier alpha value is -1.54. The quantitative estimate of drug-likeness (QED) is 0.553. The second-order valence-corrected chi connectivity index (χ2v) is 4.85. The lowest BCUT2D eigenvalue weighted by Gasteiger charge is -2.18. The van der Waals surface area contributed by atoms with Crippen LogP contribution in [0.2, 0.25) is 0 Å². The van der Waals surface area contributed by atoms with Gasteiger partial charge in [-0.25, -0.2) is 0 Å². The fourth-order valence-electron chi connectivity index (χ4n) is 1.75. The van der Waals surface area contributed by atoms with E-state index in [1.165, 1.54) is 0 Å². The molecule has 0 heterocycles. The molecule has 18 heavy (non-hydrogen) atoms. The van der Waals surface area contributed by atoms with E-state index in [4.69, 9.17) is 17.3 Å². The summed E-state index contributed by atoms with van der Waals surface area (Å²) in [5.74, 6) is 1.44. The molecule has 102 valence electrons. The molecule has 0 aromatic carbocycles. The zero-order chi connectivity index (χ0) is 14.1. The molecule has 0 aromatic rings. The number of carboxylic acid groups (broad SMARTS) is 1. The second kappa shape index (κ2) is 8.54. The summed E-state index contributed by atoms with van der Waals surface area (Å²) in [5.41, 5.74) is 5.55. The molecule has 0 aliphatic carbocycles. The molecular formula is C13H22N2O3. The summed E-state index contributed by atoms with van der Waals surface area (Å²) >= 11 is 0. The van der Waals surface area contributed by atoms with Gasteiger partial charge in [-0.15, -0.1) is 12.3 Å². The number of nitrogens with one attached hydrogen (secondary N) is 1. The van der Waals surface area contributed by atoms with Crippen LogP contribution in [0.15, 0.2) is 0 Å². The van der Waals surface area contributed by atoms with E-state index in [-0.39, 0.29) is 24.7 Å². The van der Waals surface area contributed by atoms with Crippen molar-refractivity contribution in [3.05, 3.63) is 0 Å². The van der Waals surface area contributed by atoms with Gasteiger partial charge in [0, 0.05) is 19.4 Å². The molecule has 0 aliphatic heterocycles. The Morgan fingerprint density at radius 2 is 2.06 bits per heavy atom. The summed E-state index contributed by atoms with van der Waals surface area (Å²) < 4.78 is 0. The summed E-state index contributed by atoms with van der Waals surface area (Å²) in [5, 5.41) is 11.4. The second-order valence-electron chi connectivity index (χ2n) is 4.85. The molecule has 0 fully saturated rings. The van der Waals surface area contributed by atoms with E-state index in [1.54, 1.807) is 0 Å². The van der Waals surface area contributed by atoms with Gasteiger partial charge in [0.2, 0.25) is 5.91 Å². The van der Waals surface area contributed by atoms with Gasteiger partial charge in [-0.1, -0.05) is 13.8 Å². The van der Waals surface area contributed by atoms with Gasteiger partial charge < -0.3 is 16.2 Å². The number of nitrogens with two attached hydrogens (primary N) is 1. The van der Waals surface area contributed by atoms with Crippen molar-refractivity contribution in [1.82, 2.24) is 5.32 Å². The van der Waals surface area contributed by atoms with Crippen LogP contribution in [0.25, 0.3) is 0 Å². The first-order valence-electron chi connectivity index (χ1n) is 6.05. The van der Waals surface area contributed by atoms with Crippen molar-refractivity contribution in [3.8, 4) is 12.3 Å². The highest BCUT2D eigenvalue weighted by Crippen LogP contribution is 2.14. The average Bonchev–Trinajstić information content (AvgIpc) is 2.24. The minimum absolute atomic E-state index is 0.0445. The van der Waals surface area contributed by atoms with Crippen LogP contribution in [-0.2, 0) is 9.59 Å². The summed E-state index contributed by atoms with van der Waals surface area (Å²) in [6.45, 7) is 4.35. The highest BCUT2D eigenvalue weighted by atomic mass is 16.4. The van der Waals surface area contributed by atoms with Crippen LogP contribution in [0.5, 0.6) is 0 Å². The fraction of sp³-hybridized carbons (Fsp3) is 0.692. The highest BCUT2D eigenvalue weighted by molar-refractivity contribution is 5.81. The minimum atomic E-state index is -0.858. The normalized spacial score (nSPS) is 13.7. The van der Waals surface area contributed by atoms with Gasteiger partial charge in [-0.2, -0.15) is 0 Å². The predicted octanol–water partition coefficient (Wildman–Crippen LogP) is 0.590. The van der Waals surface area contributed by atoms with Crippen molar-refractivity contribution in [2.45, 2.75) is 39.2 Å². The molecular weight excluding hydrogens is 232 g/mol. The molecule has 0 rings (SSSR count). The number of hydrogen-bond acceptors (Lipinski definition) is 3. The molecule has 5 nitrogen and oxygen atoms in total. The third-order valence-corrected chi connectivity index (χ3v) is 2.51. The largest absolute Gasteiger partial charge is 0.481 e. The number of carbonyl (C=O) groups is 2. The number of rotatable bonds is 8. The topological polar surface area (TPSA) is 92.4 Å². The minimum Gasteiger partial charge on any atom is -0.481 e. The van der Waals surface area contributed by atoms with Crippen molar-refractivity contribution < 1.29 is 14.7 Å². The van der Waals surface area contributed by atoms with Crippen molar-refractivity contribution in [1.29, 1.82) is 0 Å². The van der Waals surface area contributed by atoms with E-state index in [0.717, 1.165) is 6.42 Å². The molecule has 2 atom stereocenters. The molecule has 0 spiro atoms. The number of amides is 1. The van der Waals surface area contributed by atoms with Gasteiger partial charge in [-0.3, -0.25) is 9.59 Å². The van der Waals surface area contributed by atoms with Crippen LogP contribution >= 0.6 is 0 Å². The Labute approximate surface area is 108 Å². The maximum atomic E-state index is 11.5. The van der Waals surface area contributed by atoms with Crippen LogP contribution in [0.4, 0.5) is 0 Å². The molecule has 1 unspecified atom stereocenters. The Morgan fingerprint density at radius 3 is 2.50 bits per heavy atom. The van der Waals surface area contributed by atoms with Crippen LogP contribution < -0.4 is 11.1 Å². The lowest BCUT2D eigenvalue weighted by atomic mass is 9.94. The summed E-state index contributed by atoms with van der Waals surface area (Å²) in [7, 11) is 0. The van der Waals surface area contributed by atoms with Gasteiger partial charge in [0.1, 0.15) is 0 Å². The number of aliphatic carboxylic acids is 1. The SMILES string of the molecule is C#CCC(N)C(=O)NC[C@H](CC(=O)O)CC(C)C. The standard InChI is InChI=1S/C13H22N2O3/c1-4-5-11(14)13(18)15-8-10(6-9(2)3)7-12(16)17/h1,9-11H,5-8,14H2,2-3H3,(H,15,18)(H,16,17)/t10-,11?/m0/s1. The van der Waals surface area contributed by atoms with Crippen molar-refractivity contribution >= 4 is 11.9 Å². The Morgan fingerprint density at radius 1 is 1.44 bits per heavy atom. The maximum Gasteiger partial charge on any atom is 0.303 e. The number of hydrogen-bond donors (Lipinski definition) is 3. The third kappa shape index (κ3) is 7.69.